The van der Waals surface area contributed by atoms with E-state index in [-0.39, 0.29) is 5.91 Å². The van der Waals surface area contributed by atoms with Crippen molar-refractivity contribution in [2.24, 2.45) is 5.92 Å². The minimum absolute atomic E-state index is 0.0902. The van der Waals surface area contributed by atoms with Gasteiger partial charge in [-0.25, -0.2) is 0 Å². The van der Waals surface area contributed by atoms with E-state index in [4.69, 9.17) is 5.73 Å². The maximum atomic E-state index is 11.9. The van der Waals surface area contributed by atoms with Gasteiger partial charge >= 0.3 is 0 Å². The van der Waals surface area contributed by atoms with Crippen LogP contribution < -0.4 is 11.1 Å². The summed E-state index contributed by atoms with van der Waals surface area (Å²) in [6.45, 7) is 2.28. The van der Waals surface area contributed by atoms with E-state index in [0.29, 0.717) is 18.2 Å². The second-order valence-corrected chi connectivity index (χ2v) is 5.40. The quantitative estimate of drug-likeness (QED) is 0.805. The van der Waals surface area contributed by atoms with Gasteiger partial charge in [0.15, 0.2) is 0 Å². The lowest BCUT2D eigenvalue weighted by Crippen LogP contribution is -2.38. The number of amides is 1. The van der Waals surface area contributed by atoms with Gasteiger partial charge in [0, 0.05) is 11.7 Å². The van der Waals surface area contributed by atoms with E-state index in [9.17, 15) is 4.79 Å². The second-order valence-electron chi connectivity index (χ2n) is 5.40. The van der Waals surface area contributed by atoms with Crippen molar-refractivity contribution in [2.45, 2.75) is 45.1 Å². The molecule has 0 heterocycles. The number of nitrogens with two attached hydrogens (primary N) is 1. The van der Waals surface area contributed by atoms with Gasteiger partial charge < -0.3 is 11.1 Å². The molecule has 1 amide bonds. The number of carbonyl (C=O) groups excluding carboxylic acids is 1. The summed E-state index contributed by atoms with van der Waals surface area (Å²) in [6.07, 6.45) is 5.05. The molecule has 0 bridgehead atoms. The van der Waals surface area contributed by atoms with E-state index in [2.05, 4.69) is 12.2 Å². The van der Waals surface area contributed by atoms with Gasteiger partial charge in [-0.05, 0) is 43.2 Å². The Bertz CT molecular complexity index is 409. The largest absolute Gasteiger partial charge is 0.398 e. The van der Waals surface area contributed by atoms with Crippen molar-refractivity contribution in [2.75, 3.05) is 5.73 Å². The van der Waals surface area contributed by atoms with E-state index in [0.717, 1.165) is 24.3 Å². The molecule has 1 aliphatic carbocycles. The molecule has 0 unspecified atom stereocenters. The third-order valence-corrected chi connectivity index (χ3v) is 3.79. The molecular weight excluding hydrogens is 224 g/mol. The summed E-state index contributed by atoms with van der Waals surface area (Å²) in [5.74, 6) is 0.898. The Balaban J connectivity index is 1.84. The van der Waals surface area contributed by atoms with Crippen molar-refractivity contribution in [3.8, 4) is 0 Å². The smallest absolute Gasteiger partial charge is 0.224 e. The fraction of sp³-hybridized carbons (Fsp3) is 0.533. The number of nitrogen functional groups attached to an aromatic ring is 1. The Labute approximate surface area is 109 Å². The maximum Gasteiger partial charge on any atom is 0.224 e. The van der Waals surface area contributed by atoms with Crippen molar-refractivity contribution in [1.82, 2.24) is 5.32 Å². The van der Waals surface area contributed by atoms with Gasteiger partial charge in [0.2, 0.25) is 5.91 Å². The van der Waals surface area contributed by atoms with Gasteiger partial charge in [0.25, 0.3) is 0 Å². The highest BCUT2D eigenvalue weighted by atomic mass is 16.1. The lowest BCUT2D eigenvalue weighted by Gasteiger charge is -2.27. The summed E-state index contributed by atoms with van der Waals surface area (Å²) >= 11 is 0. The van der Waals surface area contributed by atoms with Crippen LogP contribution in [0.4, 0.5) is 5.69 Å². The number of hydrogen-bond acceptors (Lipinski definition) is 2. The van der Waals surface area contributed by atoms with Crippen molar-refractivity contribution in [3.63, 3.8) is 0 Å². The van der Waals surface area contributed by atoms with Crippen LogP contribution in [0.25, 0.3) is 0 Å². The Hall–Kier alpha value is -1.51. The summed E-state index contributed by atoms with van der Waals surface area (Å²) < 4.78 is 0. The van der Waals surface area contributed by atoms with Crippen molar-refractivity contribution in [1.29, 1.82) is 0 Å². The van der Waals surface area contributed by atoms with E-state index in [1.165, 1.54) is 12.8 Å². The predicted octanol–water partition coefficient (Wildman–Crippen LogP) is 2.51. The summed E-state index contributed by atoms with van der Waals surface area (Å²) in [7, 11) is 0. The monoisotopic (exact) mass is 246 g/mol. The summed E-state index contributed by atoms with van der Waals surface area (Å²) in [5, 5.41) is 3.12. The average Bonchev–Trinajstić information content (AvgIpc) is 2.35. The van der Waals surface area contributed by atoms with E-state index in [1.54, 1.807) is 0 Å². The van der Waals surface area contributed by atoms with Crippen LogP contribution in [0.2, 0.25) is 0 Å². The van der Waals surface area contributed by atoms with E-state index < -0.39 is 0 Å². The molecule has 0 aromatic heterocycles. The predicted molar refractivity (Wildman–Crippen MR) is 74.1 cm³/mol. The zero-order chi connectivity index (χ0) is 13.0. The summed E-state index contributed by atoms with van der Waals surface area (Å²) in [6, 6.07) is 7.92. The number of carbonyl (C=O) groups is 1. The number of anilines is 1. The molecule has 0 atom stereocenters. The molecule has 2 rings (SSSR count). The van der Waals surface area contributed by atoms with Crippen molar-refractivity contribution in [3.05, 3.63) is 29.8 Å². The Morgan fingerprint density at radius 3 is 2.61 bits per heavy atom. The van der Waals surface area contributed by atoms with Crippen LogP contribution in [0, 0.1) is 5.92 Å². The van der Waals surface area contributed by atoms with Crippen LogP contribution >= 0.6 is 0 Å². The van der Waals surface area contributed by atoms with E-state index >= 15 is 0 Å². The van der Waals surface area contributed by atoms with Gasteiger partial charge in [-0.15, -0.1) is 0 Å². The highest BCUT2D eigenvalue weighted by Gasteiger charge is 2.19. The molecule has 1 saturated carbocycles. The lowest BCUT2D eigenvalue weighted by atomic mass is 9.87. The van der Waals surface area contributed by atoms with Crippen molar-refractivity contribution >= 4 is 11.6 Å². The van der Waals surface area contributed by atoms with Crippen LogP contribution in [-0.4, -0.2) is 11.9 Å². The summed E-state index contributed by atoms with van der Waals surface area (Å²) in [5.41, 5.74) is 7.46. The minimum atomic E-state index is 0.0902. The van der Waals surface area contributed by atoms with Crippen LogP contribution in [0.15, 0.2) is 24.3 Å². The van der Waals surface area contributed by atoms with Crippen LogP contribution in [0.5, 0.6) is 0 Å². The zero-order valence-electron chi connectivity index (χ0n) is 11.0. The van der Waals surface area contributed by atoms with Gasteiger partial charge in [-0.1, -0.05) is 25.1 Å². The van der Waals surface area contributed by atoms with Crippen LogP contribution in [0.1, 0.15) is 38.2 Å². The third kappa shape index (κ3) is 3.49. The van der Waals surface area contributed by atoms with Gasteiger partial charge in [0.05, 0.1) is 6.42 Å². The zero-order valence-corrected chi connectivity index (χ0v) is 11.0. The van der Waals surface area contributed by atoms with Crippen LogP contribution in [-0.2, 0) is 11.2 Å². The summed E-state index contributed by atoms with van der Waals surface area (Å²) in [4.78, 5) is 11.9. The fourth-order valence-electron chi connectivity index (χ4n) is 2.55. The number of rotatable bonds is 3. The molecule has 0 aliphatic heterocycles. The fourth-order valence-corrected chi connectivity index (χ4v) is 2.55. The van der Waals surface area contributed by atoms with Gasteiger partial charge in [0.1, 0.15) is 0 Å². The molecule has 3 nitrogen and oxygen atoms in total. The number of benzene rings is 1. The topological polar surface area (TPSA) is 55.1 Å². The van der Waals surface area contributed by atoms with Gasteiger partial charge in [-0.3, -0.25) is 4.79 Å². The molecule has 1 aromatic rings. The van der Waals surface area contributed by atoms with E-state index in [1.807, 2.05) is 24.3 Å². The molecule has 0 spiro atoms. The van der Waals surface area contributed by atoms with Crippen molar-refractivity contribution < 1.29 is 4.79 Å². The molecule has 0 radical (unpaired) electrons. The Kier molecular flexibility index (Phi) is 4.24. The Morgan fingerprint density at radius 1 is 1.28 bits per heavy atom. The molecule has 0 saturated heterocycles. The average molecular weight is 246 g/mol. The number of para-hydroxylation sites is 1. The molecule has 1 aromatic carbocycles. The lowest BCUT2D eigenvalue weighted by molar-refractivity contribution is -0.121. The Morgan fingerprint density at radius 2 is 1.94 bits per heavy atom. The molecule has 1 fully saturated rings. The first-order chi connectivity index (χ1) is 8.65. The van der Waals surface area contributed by atoms with Crippen LogP contribution in [0.3, 0.4) is 0 Å². The first-order valence-corrected chi connectivity index (χ1v) is 6.78. The molecule has 3 N–H and O–H groups in total. The minimum Gasteiger partial charge on any atom is -0.398 e. The number of hydrogen-bond donors (Lipinski definition) is 2. The molecule has 18 heavy (non-hydrogen) atoms. The number of nitrogens with one attached hydrogen (secondary N) is 1. The van der Waals surface area contributed by atoms with Gasteiger partial charge in [-0.2, -0.15) is 0 Å². The third-order valence-electron chi connectivity index (χ3n) is 3.79. The highest BCUT2D eigenvalue weighted by molar-refractivity contribution is 5.80. The normalized spacial score (nSPS) is 23.6. The molecule has 98 valence electrons. The standard InChI is InChI=1S/C15H22N2O/c1-11-6-8-13(9-7-11)17-15(18)10-12-4-2-3-5-14(12)16/h2-5,11,13H,6-10,16H2,1H3,(H,17,18). The maximum absolute atomic E-state index is 11.9. The first kappa shape index (κ1) is 12.9. The molecule has 1 aliphatic rings. The molecule has 3 heteroatoms. The SMILES string of the molecule is CC1CCC(NC(=O)Cc2ccccc2N)CC1. The highest BCUT2D eigenvalue weighted by Crippen LogP contribution is 2.23. The first-order valence-electron chi connectivity index (χ1n) is 6.78. The molecular formula is C15H22N2O. The second kappa shape index (κ2) is 5.89.